The minimum Gasteiger partial charge on any atom is -0.350 e. The van der Waals surface area contributed by atoms with Crippen molar-refractivity contribution >= 4 is 23.2 Å². The van der Waals surface area contributed by atoms with Crippen LogP contribution in [0.3, 0.4) is 0 Å². The van der Waals surface area contributed by atoms with Gasteiger partial charge in [0.05, 0.1) is 17.3 Å². The van der Waals surface area contributed by atoms with E-state index in [0.29, 0.717) is 18.0 Å². The number of nitrogens with zero attached hydrogens (tertiary/aromatic N) is 2. The van der Waals surface area contributed by atoms with Gasteiger partial charge in [-0.15, -0.1) is 0 Å². The highest BCUT2D eigenvalue weighted by Crippen LogP contribution is 2.26. The highest BCUT2D eigenvalue weighted by Gasteiger charge is 2.23. The van der Waals surface area contributed by atoms with Gasteiger partial charge in [0.25, 0.3) is 0 Å². The first-order valence-electron chi connectivity index (χ1n) is 7.89. The first-order valence-corrected chi connectivity index (χ1v) is 8.27. The van der Waals surface area contributed by atoms with Gasteiger partial charge in [-0.05, 0) is 23.1 Å². The highest BCUT2D eigenvalue weighted by molar-refractivity contribution is 6.30. The Kier molecular flexibility index (Phi) is 4.58. The lowest BCUT2D eigenvalue weighted by atomic mass is 9.81. The summed E-state index contributed by atoms with van der Waals surface area (Å²) in [5.41, 5.74) is 2.57. The van der Waals surface area contributed by atoms with E-state index in [9.17, 15) is 4.79 Å². The molecule has 24 heavy (non-hydrogen) atoms. The molecule has 1 N–H and O–H groups in total. The average Bonchev–Trinajstić information content (AvgIpc) is 2.95. The second kappa shape index (κ2) is 6.65. The molecule has 0 radical (unpaired) electrons. The monoisotopic (exact) mass is 341 g/mol. The number of benzene rings is 1. The fraction of sp³-hybridized carbons (Fsp3) is 0.263. The molecule has 0 atom stereocenters. The number of aromatic nitrogens is 2. The fourth-order valence-electron chi connectivity index (χ4n) is 2.75. The van der Waals surface area contributed by atoms with E-state index in [4.69, 9.17) is 11.6 Å². The molecule has 2 heterocycles. The zero-order chi connectivity index (χ0) is 17.2. The molecule has 3 rings (SSSR count). The maximum Gasteiger partial charge on any atom is 0.221 e. The summed E-state index contributed by atoms with van der Waals surface area (Å²) in [6.07, 6.45) is 4.10. The van der Waals surface area contributed by atoms with Gasteiger partial charge in [-0.2, -0.15) is 0 Å². The minimum atomic E-state index is -0.211. The van der Waals surface area contributed by atoms with E-state index in [2.05, 4.69) is 36.3 Å². The summed E-state index contributed by atoms with van der Waals surface area (Å²) in [5.74, 6) is 0.0129. The van der Waals surface area contributed by atoms with E-state index >= 15 is 0 Å². The molecule has 5 heteroatoms. The van der Waals surface area contributed by atoms with Crippen molar-refractivity contribution in [2.75, 3.05) is 0 Å². The van der Waals surface area contributed by atoms with Gasteiger partial charge in [0, 0.05) is 18.8 Å². The van der Waals surface area contributed by atoms with Crippen molar-refractivity contribution in [2.24, 2.45) is 0 Å². The van der Waals surface area contributed by atoms with Gasteiger partial charge in [0.1, 0.15) is 5.65 Å². The number of carbonyl (C=O) groups excluding carboxylic acids is 1. The highest BCUT2D eigenvalue weighted by atomic mass is 35.5. The quantitative estimate of drug-likeness (QED) is 0.763. The van der Waals surface area contributed by atoms with Crippen LogP contribution in [0.2, 0.25) is 5.02 Å². The number of amides is 1. The summed E-state index contributed by atoms with van der Waals surface area (Å²) in [5, 5.41) is 3.61. The number of imidazole rings is 1. The molecule has 0 aliphatic rings. The maximum absolute atomic E-state index is 12.3. The van der Waals surface area contributed by atoms with Crippen LogP contribution < -0.4 is 5.32 Å². The van der Waals surface area contributed by atoms with Crippen LogP contribution in [0.1, 0.15) is 31.5 Å². The zero-order valence-corrected chi connectivity index (χ0v) is 14.5. The molecule has 0 unspecified atom stereocenters. The lowest BCUT2D eigenvalue weighted by Crippen LogP contribution is -2.30. The van der Waals surface area contributed by atoms with Crippen LogP contribution in [0.25, 0.3) is 5.65 Å². The normalized spacial score (nSPS) is 11.6. The standard InChI is InChI=1S/C19H20ClN3O/c1-19(2,14-6-4-3-5-7-14)10-18(24)21-11-16-13-23-12-15(20)8-9-17(23)22-16/h3-9,12-13H,10-11H2,1-2H3,(H,21,24). The van der Waals surface area contributed by atoms with Gasteiger partial charge in [-0.3, -0.25) is 4.79 Å². The van der Waals surface area contributed by atoms with Crippen molar-refractivity contribution in [2.45, 2.75) is 32.2 Å². The smallest absolute Gasteiger partial charge is 0.221 e. The fourth-order valence-corrected chi connectivity index (χ4v) is 2.91. The molecule has 0 bridgehead atoms. The van der Waals surface area contributed by atoms with Crippen LogP contribution >= 0.6 is 11.6 Å². The van der Waals surface area contributed by atoms with E-state index < -0.39 is 0 Å². The molecule has 0 saturated carbocycles. The van der Waals surface area contributed by atoms with Gasteiger partial charge in [-0.25, -0.2) is 4.98 Å². The number of hydrogen-bond donors (Lipinski definition) is 1. The third-order valence-corrected chi connectivity index (χ3v) is 4.31. The van der Waals surface area contributed by atoms with E-state index in [1.807, 2.05) is 34.9 Å². The lowest BCUT2D eigenvalue weighted by molar-refractivity contribution is -0.122. The van der Waals surface area contributed by atoms with E-state index in [1.54, 1.807) is 12.3 Å². The summed E-state index contributed by atoms with van der Waals surface area (Å²) in [4.78, 5) is 16.8. The topological polar surface area (TPSA) is 46.4 Å². The Labute approximate surface area is 146 Å². The van der Waals surface area contributed by atoms with Gasteiger partial charge < -0.3 is 9.72 Å². The first-order chi connectivity index (χ1) is 11.4. The van der Waals surface area contributed by atoms with Crippen molar-refractivity contribution in [1.29, 1.82) is 0 Å². The number of rotatable bonds is 5. The summed E-state index contributed by atoms with van der Waals surface area (Å²) >= 11 is 5.97. The largest absolute Gasteiger partial charge is 0.350 e. The summed E-state index contributed by atoms with van der Waals surface area (Å²) in [6.45, 7) is 4.56. The minimum absolute atomic E-state index is 0.0129. The van der Waals surface area contributed by atoms with Crippen molar-refractivity contribution in [1.82, 2.24) is 14.7 Å². The molecule has 2 aromatic heterocycles. The second-order valence-electron chi connectivity index (χ2n) is 6.55. The number of halogens is 1. The molecule has 124 valence electrons. The van der Waals surface area contributed by atoms with Crippen molar-refractivity contribution in [3.8, 4) is 0 Å². The average molecular weight is 342 g/mol. The Morgan fingerprint density at radius 2 is 1.92 bits per heavy atom. The SMILES string of the molecule is CC(C)(CC(=O)NCc1cn2cc(Cl)ccc2n1)c1ccccc1. The van der Waals surface area contributed by atoms with Crippen LogP contribution in [0.4, 0.5) is 0 Å². The Morgan fingerprint density at radius 1 is 1.17 bits per heavy atom. The molecule has 0 fully saturated rings. The van der Waals surface area contributed by atoms with Crippen LogP contribution in [-0.4, -0.2) is 15.3 Å². The van der Waals surface area contributed by atoms with Gasteiger partial charge in [-0.1, -0.05) is 55.8 Å². The Hall–Kier alpha value is -2.33. The molecule has 1 amide bonds. The molecule has 1 aromatic carbocycles. The molecule has 0 saturated heterocycles. The van der Waals surface area contributed by atoms with Gasteiger partial charge in [0.2, 0.25) is 5.91 Å². The number of hydrogen-bond acceptors (Lipinski definition) is 2. The molecule has 0 aliphatic carbocycles. The number of fused-ring (bicyclic) bond motifs is 1. The molecular weight excluding hydrogens is 322 g/mol. The number of carbonyl (C=O) groups is 1. The predicted octanol–water partition coefficient (Wildman–Crippen LogP) is 3.97. The van der Waals surface area contributed by atoms with Crippen LogP contribution in [0, 0.1) is 0 Å². The molecule has 0 spiro atoms. The molecule has 4 nitrogen and oxygen atoms in total. The van der Waals surface area contributed by atoms with Crippen LogP contribution in [0.15, 0.2) is 54.9 Å². The predicted molar refractivity (Wildman–Crippen MR) is 96.1 cm³/mol. The van der Waals surface area contributed by atoms with Crippen molar-refractivity contribution in [3.05, 3.63) is 71.1 Å². The maximum atomic E-state index is 12.3. The lowest BCUT2D eigenvalue weighted by Gasteiger charge is -2.24. The Morgan fingerprint density at radius 3 is 2.67 bits per heavy atom. The Balaban J connectivity index is 1.62. The molecule has 0 aliphatic heterocycles. The first kappa shape index (κ1) is 16.5. The van der Waals surface area contributed by atoms with Crippen LogP contribution in [-0.2, 0) is 16.8 Å². The van der Waals surface area contributed by atoms with E-state index in [0.717, 1.165) is 16.9 Å². The summed E-state index contributed by atoms with van der Waals surface area (Å²) < 4.78 is 1.86. The van der Waals surface area contributed by atoms with Gasteiger partial charge in [0.15, 0.2) is 0 Å². The number of nitrogens with one attached hydrogen (secondary N) is 1. The second-order valence-corrected chi connectivity index (χ2v) is 6.98. The Bertz CT molecular complexity index is 855. The summed E-state index contributed by atoms with van der Waals surface area (Å²) in [6, 6.07) is 13.7. The van der Waals surface area contributed by atoms with E-state index in [-0.39, 0.29) is 11.3 Å². The van der Waals surface area contributed by atoms with Crippen molar-refractivity contribution in [3.63, 3.8) is 0 Å². The number of pyridine rings is 1. The molecular formula is C19H20ClN3O. The zero-order valence-electron chi connectivity index (χ0n) is 13.8. The van der Waals surface area contributed by atoms with Crippen LogP contribution in [0.5, 0.6) is 0 Å². The van der Waals surface area contributed by atoms with Crippen molar-refractivity contribution < 1.29 is 4.79 Å². The summed E-state index contributed by atoms with van der Waals surface area (Å²) in [7, 11) is 0. The van der Waals surface area contributed by atoms with E-state index in [1.165, 1.54) is 0 Å². The molecule has 3 aromatic rings. The van der Waals surface area contributed by atoms with Gasteiger partial charge >= 0.3 is 0 Å². The third kappa shape index (κ3) is 3.77. The third-order valence-electron chi connectivity index (χ3n) is 4.09.